The SMILES string of the molecule is C=C1C=Cc2cc(/C=C\CC)cc(OC)c2O1.C=C\C=C(/C=C(C)/C=C\C(=C/C)c1ccc(OC)c(C2C(C)CC3CC(C)CC2C3)c1)C(=O)NC(=C)/C=C\C(C)CC. The highest BCUT2D eigenvalue weighted by Crippen LogP contribution is 2.53. The summed E-state index contributed by atoms with van der Waals surface area (Å²) in [7, 11) is 3.44. The number of carbonyl (C=O) groups excluding carboxylic acids is 1. The number of rotatable bonds is 15. The smallest absolute Gasteiger partial charge is 0.255 e. The van der Waals surface area contributed by atoms with Crippen LogP contribution in [-0.4, -0.2) is 20.1 Å². The third-order valence-electron chi connectivity index (χ3n) is 11.7. The van der Waals surface area contributed by atoms with E-state index < -0.39 is 0 Å². The van der Waals surface area contributed by atoms with Gasteiger partial charge >= 0.3 is 0 Å². The topological polar surface area (TPSA) is 56.8 Å². The first kappa shape index (κ1) is 46.4. The van der Waals surface area contributed by atoms with E-state index in [1.807, 2.05) is 37.3 Å². The molecule has 2 bridgehead atoms. The van der Waals surface area contributed by atoms with Crippen LogP contribution in [0.15, 0.2) is 133 Å². The third kappa shape index (κ3) is 13.1. The number of hydrogen-bond acceptors (Lipinski definition) is 4. The Morgan fingerprint density at radius 1 is 1.00 bits per heavy atom. The predicted octanol–water partition coefficient (Wildman–Crippen LogP) is 14.2. The number of amides is 1. The fraction of sp³-hybridized carbons (Fsp3) is 0.389. The van der Waals surface area contributed by atoms with Gasteiger partial charge in [0.15, 0.2) is 11.5 Å². The van der Waals surface area contributed by atoms with Crippen LogP contribution in [0.5, 0.6) is 17.2 Å². The van der Waals surface area contributed by atoms with Gasteiger partial charge in [-0.2, -0.15) is 0 Å². The number of fused-ring (bicyclic) bond motifs is 3. The summed E-state index contributed by atoms with van der Waals surface area (Å²) in [5, 5.41) is 2.89. The normalized spacial score (nSPS) is 22.4. The number of hydrogen-bond donors (Lipinski definition) is 1. The van der Waals surface area contributed by atoms with Crippen LogP contribution in [0.1, 0.15) is 115 Å². The molecule has 1 aliphatic heterocycles. The molecule has 0 aromatic heterocycles. The molecule has 5 nitrogen and oxygen atoms in total. The molecule has 2 aromatic carbocycles. The van der Waals surface area contributed by atoms with Crippen LogP contribution in [-0.2, 0) is 4.79 Å². The quantitative estimate of drug-likeness (QED) is 0.144. The highest BCUT2D eigenvalue weighted by molar-refractivity contribution is 5.98. The van der Waals surface area contributed by atoms with Crippen molar-refractivity contribution < 1.29 is 19.0 Å². The number of ether oxygens (including phenoxy) is 3. The lowest BCUT2D eigenvalue weighted by Crippen LogP contribution is -2.35. The van der Waals surface area contributed by atoms with Crippen molar-refractivity contribution in [2.75, 3.05) is 14.2 Å². The minimum Gasteiger partial charge on any atom is -0.496 e. The first-order valence-corrected chi connectivity index (χ1v) is 21.5. The largest absolute Gasteiger partial charge is 0.496 e. The van der Waals surface area contributed by atoms with E-state index in [1.165, 1.54) is 36.8 Å². The summed E-state index contributed by atoms with van der Waals surface area (Å²) in [6.07, 6.45) is 31.0. The number of nitrogens with one attached hydrogen (secondary N) is 1. The summed E-state index contributed by atoms with van der Waals surface area (Å²) in [6, 6.07) is 10.7. The van der Waals surface area contributed by atoms with Gasteiger partial charge in [0.1, 0.15) is 11.5 Å². The van der Waals surface area contributed by atoms with Gasteiger partial charge in [0.25, 0.3) is 5.91 Å². The van der Waals surface area contributed by atoms with E-state index in [0.29, 0.717) is 34.8 Å². The second-order valence-electron chi connectivity index (χ2n) is 16.5. The van der Waals surface area contributed by atoms with Gasteiger partial charge in [0.2, 0.25) is 0 Å². The summed E-state index contributed by atoms with van der Waals surface area (Å²) >= 11 is 0. The van der Waals surface area contributed by atoms with Crippen LogP contribution >= 0.6 is 0 Å². The van der Waals surface area contributed by atoms with E-state index in [2.05, 4.69) is 127 Å². The van der Waals surface area contributed by atoms with E-state index >= 15 is 0 Å². The fourth-order valence-corrected chi connectivity index (χ4v) is 8.76. The molecular weight excluding hydrogens is 727 g/mol. The van der Waals surface area contributed by atoms with Crippen molar-refractivity contribution >= 4 is 23.6 Å². The molecule has 3 aliphatic rings. The molecule has 2 aliphatic carbocycles. The first-order valence-electron chi connectivity index (χ1n) is 21.5. The molecule has 0 saturated heterocycles. The zero-order chi connectivity index (χ0) is 43.1. The van der Waals surface area contributed by atoms with Gasteiger partial charge in [-0.25, -0.2) is 0 Å². The predicted molar refractivity (Wildman–Crippen MR) is 251 cm³/mol. The lowest BCUT2D eigenvalue weighted by atomic mass is 9.58. The summed E-state index contributed by atoms with van der Waals surface area (Å²) in [5.41, 5.74) is 7.91. The minimum atomic E-state index is -0.201. The van der Waals surface area contributed by atoms with Gasteiger partial charge in [0, 0.05) is 16.8 Å². The maximum absolute atomic E-state index is 13.0. The lowest BCUT2D eigenvalue weighted by Gasteiger charge is -2.47. The Hall–Kier alpha value is -5.29. The molecule has 0 spiro atoms. The van der Waals surface area contributed by atoms with Crippen molar-refractivity contribution in [2.45, 2.75) is 92.9 Å². The van der Waals surface area contributed by atoms with Gasteiger partial charge in [0.05, 0.1) is 14.2 Å². The van der Waals surface area contributed by atoms with Gasteiger partial charge in [-0.15, -0.1) is 0 Å². The molecule has 1 heterocycles. The third-order valence-corrected chi connectivity index (χ3v) is 11.7. The fourth-order valence-electron chi connectivity index (χ4n) is 8.76. The van der Waals surface area contributed by atoms with Gasteiger partial charge in [-0.3, -0.25) is 4.79 Å². The second-order valence-corrected chi connectivity index (χ2v) is 16.5. The summed E-state index contributed by atoms with van der Waals surface area (Å²) < 4.78 is 16.8. The van der Waals surface area contributed by atoms with Gasteiger partial charge in [-0.1, -0.05) is 121 Å². The maximum atomic E-state index is 13.0. The van der Waals surface area contributed by atoms with Crippen LogP contribution < -0.4 is 19.5 Å². The van der Waals surface area contributed by atoms with Crippen molar-refractivity contribution in [3.63, 3.8) is 0 Å². The van der Waals surface area contributed by atoms with Crippen molar-refractivity contribution in [2.24, 2.45) is 29.6 Å². The van der Waals surface area contributed by atoms with E-state index in [4.69, 9.17) is 14.2 Å². The highest BCUT2D eigenvalue weighted by atomic mass is 16.5. The molecule has 6 unspecified atom stereocenters. The first-order chi connectivity index (χ1) is 28.3. The number of carbonyl (C=O) groups is 1. The highest BCUT2D eigenvalue weighted by Gasteiger charge is 2.41. The Kier molecular flexibility index (Phi) is 17.9. The van der Waals surface area contributed by atoms with Crippen molar-refractivity contribution in [1.29, 1.82) is 0 Å². The Bertz CT molecular complexity index is 2030. The minimum absolute atomic E-state index is 0.201. The van der Waals surface area contributed by atoms with Crippen LogP contribution in [0.2, 0.25) is 0 Å². The average molecular weight is 796 g/mol. The lowest BCUT2D eigenvalue weighted by molar-refractivity contribution is -0.116. The van der Waals surface area contributed by atoms with Crippen molar-refractivity contribution in [3.05, 3.63) is 156 Å². The number of benzene rings is 2. The average Bonchev–Trinajstić information content (AvgIpc) is 3.21. The second kappa shape index (κ2) is 22.8. The van der Waals surface area contributed by atoms with Gasteiger partial charge in [-0.05, 0) is 152 Å². The van der Waals surface area contributed by atoms with Crippen LogP contribution in [0.25, 0.3) is 17.7 Å². The summed E-state index contributed by atoms with van der Waals surface area (Å²) in [4.78, 5) is 13.0. The monoisotopic (exact) mass is 796 g/mol. The number of allylic oxidation sites excluding steroid dienone is 11. The molecule has 59 heavy (non-hydrogen) atoms. The molecule has 1 N–H and O–H groups in total. The van der Waals surface area contributed by atoms with Gasteiger partial charge < -0.3 is 19.5 Å². The zero-order valence-corrected chi connectivity index (χ0v) is 37.3. The van der Waals surface area contributed by atoms with E-state index in [9.17, 15) is 4.79 Å². The summed E-state index contributed by atoms with van der Waals surface area (Å²) in [6.45, 7) is 26.9. The van der Waals surface area contributed by atoms with E-state index in [-0.39, 0.29) is 5.91 Å². The van der Waals surface area contributed by atoms with Crippen LogP contribution in [0.4, 0.5) is 0 Å². The number of methoxy groups -OCH3 is 2. The molecule has 1 amide bonds. The molecular formula is C54H69NO4. The van der Waals surface area contributed by atoms with E-state index in [0.717, 1.165) is 70.1 Å². The molecule has 5 rings (SSSR count). The molecule has 2 aromatic rings. The molecule has 0 radical (unpaired) electrons. The Labute approximate surface area is 356 Å². The molecule has 5 heteroatoms. The molecule has 2 saturated carbocycles. The standard InChI is InChI=1S/C39H53NO2.C15H16O2/c1-10-13-34(39(41)40-30(8)16-14-26(4)11-2)21-27(5)15-17-32(12-3)33-18-19-37(42-9)36(25-33)38-29(7)23-31-20-28(6)22-35(38)24-31;1-4-5-6-12-9-13-8-7-11(2)17-15(13)14(10-12)16-3/h10,12-19,21,25-26,28-29,31,35,38H,1,8,11,20,22-24H2,2-7,9H3,(H,40,41);5-10H,2,4H2,1,3H3/b16-14-,17-15-,27-21+,32-12+,34-13+;6-5-. The van der Waals surface area contributed by atoms with Crippen LogP contribution in [0, 0.1) is 29.6 Å². The molecule has 6 atom stereocenters. The summed E-state index contributed by atoms with van der Waals surface area (Å²) in [5.74, 6) is 6.96. The van der Waals surface area contributed by atoms with Crippen molar-refractivity contribution in [3.8, 4) is 17.2 Å². The Morgan fingerprint density at radius 2 is 1.76 bits per heavy atom. The Balaban J connectivity index is 0.000000374. The molecule has 2 fully saturated rings. The Morgan fingerprint density at radius 3 is 2.44 bits per heavy atom. The maximum Gasteiger partial charge on any atom is 0.255 e. The van der Waals surface area contributed by atoms with Crippen LogP contribution in [0.3, 0.4) is 0 Å². The van der Waals surface area contributed by atoms with Crippen molar-refractivity contribution in [1.82, 2.24) is 5.32 Å². The van der Waals surface area contributed by atoms with E-state index in [1.54, 1.807) is 26.4 Å². The molecule has 314 valence electrons. The zero-order valence-electron chi connectivity index (χ0n) is 37.3.